The first-order chi connectivity index (χ1) is 14.6. The van der Waals surface area contributed by atoms with Crippen LogP contribution in [0.3, 0.4) is 0 Å². The summed E-state index contributed by atoms with van der Waals surface area (Å²) in [5.41, 5.74) is 0.583. The van der Waals surface area contributed by atoms with Crippen LogP contribution in [0.15, 0.2) is 0 Å². The highest BCUT2D eigenvalue weighted by molar-refractivity contribution is 5.78. The van der Waals surface area contributed by atoms with E-state index < -0.39 is 0 Å². The lowest BCUT2D eigenvalue weighted by Crippen LogP contribution is -2.18. The van der Waals surface area contributed by atoms with Crippen LogP contribution in [0.25, 0.3) is 0 Å². The molecule has 0 saturated heterocycles. The molecule has 0 fully saturated rings. The van der Waals surface area contributed by atoms with E-state index in [4.69, 9.17) is 0 Å². The Morgan fingerprint density at radius 3 is 1.41 bits per heavy atom. The minimum absolute atomic E-state index is 0.196. The van der Waals surface area contributed by atoms with Crippen molar-refractivity contribution in [3.8, 4) is 0 Å². The van der Waals surface area contributed by atoms with Crippen LogP contribution in [0.5, 0.6) is 0 Å². The quantitative estimate of drug-likeness (QED) is 0.291. The molecule has 2 unspecified atom stereocenters. The number of esters is 1. The Labute approximate surface area is 201 Å². The van der Waals surface area contributed by atoms with E-state index in [9.17, 15) is 14.4 Å². The van der Waals surface area contributed by atoms with Crippen LogP contribution in [0.1, 0.15) is 135 Å². The lowest BCUT2D eigenvalue weighted by atomic mass is 9.85. The second-order valence-electron chi connectivity index (χ2n) is 9.91. The standard InChI is InChI=1S/C10H20O.C7H16.C6H12O2.C5H10O/c1-5-7-10(9(4)11)8(3)6-2;1-5-7(3,4)6-2;1-5(2)4-8-6(3)7;1-3-4-5(2)6/h8,10H,5-7H2,1-4H3;5-6H2,1-4H3;5H,4H2,1-3H3;3-4H2,1-2H3. The summed E-state index contributed by atoms with van der Waals surface area (Å²) in [6.07, 6.45) is 7.60. The third-order valence-corrected chi connectivity index (χ3v) is 5.59. The summed E-state index contributed by atoms with van der Waals surface area (Å²) in [6.45, 7) is 26.8. The molecule has 0 aliphatic heterocycles. The molecule has 0 aromatic heterocycles. The maximum Gasteiger partial charge on any atom is 0.302 e. The van der Waals surface area contributed by atoms with Crippen LogP contribution >= 0.6 is 0 Å². The van der Waals surface area contributed by atoms with Crippen molar-refractivity contribution in [2.24, 2.45) is 23.2 Å². The third kappa shape index (κ3) is 33.4. The lowest BCUT2D eigenvalue weighted by molar-refractivity contribution is -0.142. The van der Waals surface area contributed by atoms with Gasteiger partial charge in [0.05, 0.1) is 6.61 Å². The summed E-state index contributed by atoms with van der Waals surface area (Å²) in [6, 6.07) is 0. The van der Waals surface area contributed by atoms with Crippen molar-refractivity contribution in [3.63, 3.8) is 0 Å². The molecule has 0 aromatic rings. The summed E-state index contributed by atoms with van der Waals surface area (Å²) in [7, 11) is 0. The van der Waals surface area contributed by atoms with E-state index in [1.165, 1.54) is 19.8 Å². The smallest absolute Gasteiger partial charge is 0.302 e. The van der Waals surface area contributed by atoms with E-state index in [1.807, 2.05) is 20.8 Å². The van der Waals surface area contributed by atoms with Crippen molar-refractivity contribution in [1.82, 2.24) is 0 Å². The molecular formula is C28H58O4. The molecule has 2 atom stereocenters. The first kappa shape index (κ1) is 38.1. The van der Waals surface area contributed by atoms with Gasteiger partial charge in [-0.1, -0.05) is 94.9 Å². The fourth-order valence-corrected chi connectivity index (χ4v) is 2.37. The number of ether oxygens (including phenoxy) is 1. The number of ketones is 2. The monoisotopic (exact) mass is 458 g/mol. The Morgan fingerprint density at radius 1 is 0.812 bits per heavy atom. The van der Waals surface area contributed by atoms with Gasteiger partial charge in [0.15, 0.2) is 0 Å². The van der Waals surface area contributed by atoms with Crippen molar-refractivity contribution in [2.45, 2.75) is 135 Å². The zero-order valence-electron chi connectivity index (χ0n) is 24.0. The summed E-state index contributed by atoms with van der Waals surface area (Å²) in [5, 5.41) is 0. The van der Waals surface area contributed by atoms with E-state index >= 15 is 0 Å². The molecule has 0 aromatic carbocycles. The van der Waals surface area contributed by atoms with Crippen LogP contribution < -0.4 is 0 Å². The third-order valence-electron chi connectivity index (χ3n) is 5.59. The highest BCUT2D eigenvalue weighted by Crippen LogP contribution is 2.23. The lowest BCUT2D eigenvalue weighted by Gasteiger charge is -2.18. The van der Waals surface area contributed by atoms with E-state index in [1.54, 1.807) is 13.8 Å². The van der Waals surface area contributed by atoms with Gasteiger partial charge in [-0.2, -0.15) is 0 Å². The number of Topliss-reactive ketones (excluding diaryl/α,β-unsaturated/α-hetero) is 2. The van der Waals surface area contributed by atoms with E-state index in [2.05, 4.69) is 53.2 Å². The highest BCUT2D eigenvalue weighted by atomic mass is 16.5. The number of carbonyl (C=O) groups excluding carboxylic acids is 3. The molecule has 194 valence electrons. The summed E-state index contributed by atoms with van der Waals surface area (Å²) < 4.78 is 4.66. The SMILES string of the molecule is CC(=O)OCC(C)C.CCC(C)(C)CC.CCCC(C(C)=O)C(C)CC.CCCC(C)=O. The van der Waals surface area contributed by atoms with Gasteiger partial charge in [-0.25, -0.2) is 0 Å². The molecule has 0 radical (unpaired) electrons. The van der Waals surface area contributed by atoms with Crippen molar-refractivity contribution in [2.75, 3.05) is 6.61 Å². The van der Waals surface area contributed by atoms with Crippen LogP contribution in [0, 0.1) is 23.2 Å². The molecule has 0 saturated carbocycles. The molecule has 4 nitrogen and oxygen atoms in total. The molecule has 32 heavy (non-hydrogen) atoms. The van der Waals surface area contributed by atoms with Crippen LogP contribution in [0.4, 0.5) is 0 Å². The van der Waals surface area contributed by atoms with Gasteiger partial charge in [0, 0.05) is 19.3 Å². The number of rotatable bonds is 11. The topological polar surface area (TPSA) is 60.4 Å². The Bertz CT molecular complexity index is 446. The average molecular weight is 459 g/mol. The van der Waals surface area contributed by atoms with Gasteiger partial charge in [-0.15, -0.1) is 0 Å². The van der Waals surface area contributed by atoms with Gasteiger partial charge in [0.2, 0.25) is 0 Å². The van der Waals surface area contributed by atoms with E-state index in [0.717, 1.165) is 32.1 Å². The molecule has 0 heterocycles. The summed E-state index contributed by atoms with van der Waals surface area (Å²) >= 11 is 0. The molecule has 0 bridgehead atoms. The van der Waals surface area contributed by atoms with Gasteiger partial charge >= 0.3 is 5.97 Å². The van der Waals surface area contributed by atoms with E-state index in [0.29, 0.717) is 35.6 Å². The average Bonchev–Trinajstić information content (AvgIpc) is 2.71. The highest BCUT2D eigenvalue weighted by Gasteiger charge is 2.18. The maximum absolute atomic E-state index is 11.1. The molecular weight excluding hydrogens is 400 g/mol. The minimum Gasteiger partial charge on any atom is -0.466 e. The fourth-order valence-electron chi connectivity index (χ4n) is 2.37. The van der Waals surface area contributed by atoms with Gasteiger partial charge < -0.3 is 9.53 Å². The Morgan fingerprint density at radius 2 is 1.28 bits per heavy atom. The maximum atomic E-state index is 11.1. The zero-order chi connectivity index (χ0) is 26.3. The molecule has 0 amide bonds. The van der Waals surface area contributed by atoms with Gasteiger partial charge in [0.1, 0.15) is 11.6 Å². The largest absolute Gasteiger partial charge is 0.466 e. The fraction of sp³-hybridized carbons (Fsp3) is 0.893. The van der Waals surface area contributed by atoms with Crippen LogP contribution in [-0.2, 0) is 19.1 Å². The molecule has 0 rings (SSSR count). The summed E-state index contributed by atoms with van der Waals surface area (Å²) in [5.74, 6) is 1.77. The van der Waals surface area contributed by atoms with Crippen molar-refractivity contribution < 1.29 is 19.1 Å². The molecule has 0 spiro atoms. The first-order valence-electron chi connectivity index (χ1n) is 12.8. The second kappa shape index (κ2) is 24.5. The van der Waals surface area contributed by atoms with Crippen molar-refractivity contribution in [3.05, 3.63) is 0 Å². The van der Waals surface area contributed by atoms with Gasteiger partial charge in [0.25, 0.3) is 0 Å². The zero-order valence-corrected chi connectivity index (χ0v) is 24.0. The Kier molecular flexibility index (Phi) is 29.1. The summed E-state index contributed by atoms with van der Waals surface area (Å²) in [4.78, 5) is 31.3. The number of hydrogen-bond acceptors (Lipinski definition) is 4. The Balaban J connectivity index is -0.000000168. The minimum atomic E-state index is -0.196. The second-order valence-corrected chi connectivity index (χ2v) is 9.91. The van der Waals surface area contributed by atoms with E-state index in [-0.39, 0.29) is 11.8 Å². The normalized spacial score (nSPS) is 12.1. The van der Waals surface area contributed by atoms with Crippen molar-refractivity contribution >= 4 is 17.5 Å². The molecule has 4 heteroatoms. The number of hydrogen-bond donors (Lipinski definition) is 0. The predicted molar refractivity (Wildman–Crippen MR) is 140 cm³/mol. The molecule has 0 N–H and O–H groups in total. The molecule has 0 aliphatic carbocycles. The van der Waals surface area contributed by atoms with Crippen LogP contribution in [-0.4, -0.2) is 24.1 Å². The Hall–Kier alpha value is -1.19. The first-order valence-corrected chi connectivity index (χ1v) is 12.8. The van der Waals surface area contributed by atoms with Crippen molar-refractivity contribution in [1.29, 1.82) is 0 Å². The van der Waals surface area contributed by atoms with Gasteiger partial charge in [-0.3, -0.25) is 9.59 Å². The predicted octanol–water partition coefficient (Wildman–Crippen LogP) is 8.45. The number of carbonyl (C=O) groups is 3. The van der Waals surface area contributed by atoms with Crippen LogP contribution in [0.2, 0.25) is 0 Å². The van der Waals surface area contributed by atoms with Gasteiger partial charge in [-0.05, 0) is 43.9 Å². The molecule has 0 aliphatic rings.